The molecule has 0 heterocycles. The van der Waals surface area contributed by atoms with Gasteiger partial charge in [0.1, 0.15) is 0 Å². The topological polar surface area (TPSA) is 35.5 Å². The van der Waals surface area contributed by atoms with Crippen LogP contribution in [0, 0.1) is 5.92 Å². The van der Waals surface area contributed by atoms with Crippen LogP contribution in [0.5, 0.6) is 11.5 Å². The van der Waals surface area contributed by atoms with Crippen molar-refractivity contribution in [3.63, 3.8) is 0 Å². The quantitative estimate of drug-likeness (QED) is 0.595. The summed E-state index contributed by atoms with van der Waals surface area (Å²) < 4.78 is 10.6. The van der Waals surface area contributed by atoms with Crippen LogP contribution >= 0.6 is 0 Å². The number of esters is 1. The highest BCUT2D eigenvalue weighted by atomic mass is 16.6. The van der Waals surface area contributed by atoms with Crippen LogP contribution in [-0.4, -0.2) is 13.1 Å². The Morgan fingerprint density at radius 2 is 1.76 bits per heavy atom. The van der Waals surface area contributed by atoms with E-state index in [4.69, 9.17) is 9.47 Å². The van der Waals surface area contributed by atoms with E-state index in [0.717, 1.165) is 25.7 Å². The highest BCUT2D eigenvalue weighted by Crippen LogP contribution is 2.29. The zero-order valence-corrected chi connectivity index (χ0v) is 10.1. The van der Waals surface area contributed by atoms with Crippen LogP contribution < -0.4 is 9.47 Å². The van der Waals surface area contributed by atoms with Crippen molar-refractivity contribution in [1.29, 1.82) is 0 Å². The van der Waals surface area contributed by atoms with Crippen molar-refractivity contribution in [2.24, 2.45) is 5.92 Å². The summed E-state index contributed by atoms with van der Waals surface area (Å²) in [5, 5.41) is 0. The van der Waals surface area contributed by atoms with E-state index in [1.807, 2.05) is 12.1 Å². The number of carbonyl (C=O) groups is 1. The van der Waals surface area contributed by atoms with E-state index in [2.05, 4.69) is 0 Å². The van der Waals surface area contributed by atoms with Crippen LogP contribution in [-0.2, 0) is 4.79 Å². The van der Waals surface area contributed by atoms with Gasteiger partial charge < -0.3 is 9.47 Å². The Hall–Kier alpha value is -1.51. The Labute approximate surface area is 102 Å². The fraction of sp³-hybridized carbons (Fsp3) is 0.500. The summed E-state index contributed by atoms with van der Waals surface area (Å²) in [6.07, 6.45) is 5.40. The summed E-state index contributed by atoms with van der Waals surface area (Å²) >= 11 is 0. The first-order valence-electron chi connectivity index (χ1n) is 6.16. The fourth-order valence-electron chi connectivity index (χ4n) is 2.23. The first-order chi connectivity index (χ1) is 8.31. The van der Waals surface area contributed by atoms with Gasteiger partial charge in [-0.2, -0.15) is 0 Å². The predicted molar refractivity (Wildman–Crippen MR) is 65.2 cm³/mol. The average molecular weight is 234 g/mol. The Kier molecular flexibility index (Phi) is 4.02. The second kappa shape index (κ2) is 5.71. The van der Waals surface area contributed by atoms with E-state index in [1.54, 1.807) is 19.2 Å². The van der Waals surface area contributed by atoms with Crippen molar-refractivity contribution in [3.05, 3.63) is 24.3 Å². The lowest BCUT2D eigenvalue weighted by atomic mass is 9.89. The third-order valence-corrected chi connectivity index (χ3v) is 3.22. The van der Waals surface area contributed by atoms with Crippen molar-refractivity contribution in [1.82, 2.24) is 0 Å². The number of para-hydroxylation sites is 2. The Morgan fingerprint density at radius 1 is 1.12 bits per heavy atom. The van der Waals surface area contributed by atoms with E-state index in [1.165, 1.54) is 6.42 Å². The van der Waals surface area contributed by atoms with Crippen LogP contribution in [0.2, 0.25) is 0 Å². The second-order valence-corrected chi connectivity index (χ2v) is 4.41. The predicted octanol–water partition coefficient (Wildman–Crippen LogP) is 3.18. The van der Waals surface area contributed by atoms with Crippen LogP contribution in [0.25, 0.3) is 0 Å². The van der Waals surface area contributed by atoms with Gasteiger partial charge in [0.25, 0.3) is 0 Å². The maximum atomic E-state index is 12.0. The van der Waals surface area contributed by atoms with Crippen LogP contribution in [0.4, 0.5) is 0 Å². The lowest BCUT2D eigenvalue weighted by molar-refractivity contribution is -0.140. The lowest BCUT2D eigenvalue weighted by Crippen LogP contribution is -2.22. The minimum atomic E-state index is -0.116. The molecule has 0 bridgehead atoms. The van der Waals surface area contributed by atoms with Gasteiger partial charge in [-0.15, -0.1) is 0 Å². The van der Waals surface area contributed by atoms with Gasteiger partial charge in [0.05, 0.1) is 13.0 Å². The second-order valence-electron chi connectivity index (χ2n) is 4.41. The van der Waals surface area contributed by atoms with E-state index in [-0.39, 0.29) is 11.9 Å². The summed E-state index contributed by atoms with van der Waals surface area (Å²) in [6, 6.07) is 7.26. The summed E-state index contributed by atoms with van der Waals surface area (Å²) in [4.78, 5) is 12.0. The van der Waals surface area contributed by atoms with Gasteiger partial charge in [0, 0.05) is 0 Å². The zero-order chi connectivity index (χ0) is 12.1. The number of hydrogen-bond donors (Lipinski definition) is 0. The molecule has 1 aromatic rings. The molecule has 3 heteroatoms. The Morgan fingerprint density at radius 3 is 2.41 bits per heavy atom. The van der Waals surface area contributed by atoms with E-state index in [9.17, 15) is 4.79 Å². The summed E-state index contributed by atoms with van der Waals surface area (Å²) in [5.41, 5.74) is 0. The monoisotopic (exact) mass is 234 g/mol. The van der Waals surface area contributed by atoms with Crippen LogP contribution in [0.15, 0.2) is 24.3 Å². The lowest BCUT2D eigenvalue weighted by Gasteiger charge is -2.20. The number of carbonyl (C=O) groups excluding carboxylic acids is 1. The minimum Gasteiger partial charge on any atom is -0.493 e. The molecule has 0 spiro atoms. The molecular formula is C14H18O3. The van der Waals surface area contributed by atoms with Crippen molar-refractivity contribution >= 4 is 5.97 Å². The largest absolute Gasteiger partial charge is 0.493 e. The molecule has 1 saturated carbocycles. The minimum absolute atomic E-state index is 0.0636. The number of benzene rings is 1. The van der Waals surface area contributed by atoms with Crippen LogP contribution in [0.3, 0.4) is 0 Å². The Balaban J connectivity index is 2.01. The smallest absolute Gasteiger partial charge is 0.314 e. The highest BCUT2D eigenvalue weighted by Gasteiger charge is 2.23. The summed E-state index contributed by atoms with van der Waals surface area (Å²) in [6.45, 7) is 0. The molecule has 1 aromatic carbocycles. The van der Waals surface area contributed by atoms with Crippen LogP contribution in [0.1, 0.15) is 32.1 Å². The highest BCUT2D eigenvalue weighted by molar-refractivity contribution is 5.75. The molecule has 0 radical (unpaired) electrons. The maximum Gasteiger partial charge on any atom is 0.314 e. The number of methoxy groups -OCH3 is 1. The SMILES string of the molecule is COc1ccccc1OC(=O)C1CCCCC1. The first kappa shape index (κ1) is 12.0. The van der Waals surface area contributed by atoms with E-state index in [0.29, 0.717) is 11.5 Å². The van der Waals surface area contributed by atoms with Gasteiger partial charge >= 0.3 is 5.97 Å². The van der Waals surface area contributed by atoms with Crippen molar-refractivity contribution < 1.29 is 14.3 Å². The third-order valence-electron chi connectivity index (χ3n) is 3.22. The molecule has 0 saturated heterocycles. The van der Waals surface area contributed by atoms with Gasteiger partial charge in [-0.25, -0.2) is 0 Å². The molecule has 0 N–H and O–H groups in total. The van der Waals surface area contributed by atoms with E-state index >= 15 is 0 Å². The van der Waals surface area contributed by atoms with Gasteiger partial charge in [0.2, 0.25) is 0 Å². The molecule has 0 aliphatic heterocycles. The molecule has 1 aliphatic rings. The van der Waals surface area contributed by atoms with Gasteiger partial charge in [-0.3, -0.25) is 4.79 Å². The normalized spacial score (nSPS) is 16.5. The molecule has 0 amide bonds. The molecule has 1 aliphatic carbocycles. The van der Waals surface area contributed by atoms with Crippen molar-refractivity contribution in [2.75, 3.05) is 7.11 Å². The first-order valence-corrected chi connectivity index (χ1v) is 6.16. The molecule has 17 heavy (non-hydrogen) atoms. The van der Waals surface area contributed by atoms with Crippen molar-refractivity contribution in [3.8, 4) is 11.5 Å². The fourth-order valence-corrected chi connectivity index (χ4v) is 2.23. The van der Waals surface area contributed by atoms with Gasteiger partial charge in [-0.05, 0) is 25.0 Å². The summed E-state index contributed by atoms with van der Waals surface area (Å²) in [7, 11) is 1.58. The molecule has 92 valence electrons. The van der Waals surface area contributed by atoms with Gasteiger partial charge in [0.15, 0.2) is 11.5 Å². The van der Waals surface area contributed by atoms with Gasteiger partial charge in [-0.1, -0.05) is 31.4 Å². The summed E-state index contributed by atoms with van der Waals surface area (Å²) in [5.74, 6) is 1.07. The molecule has 3 nitrogen and oxygen atoms in total. The van der Waals surface area contributed by atoms with E-state index < -0.39 is 0 Å². The Bertz CT molecular complexity index is 381. The molecule has 0 unspecified atom stereocenters. The molecule has 1 fully saturated rings. The third kappa shape index (κ3) is 2.99. The standard InChI is InChI=1S/C14H18O3/c1-16-12-9-5-6-10-13(12)17-14(15)11-7-3-2-4-8-11/h5-6,9-11H,2-4,7-8H2,1H3. The maximum absolute atomic E-state index is 12.0. The zero-order valence-electron chi connectivity index (χ0n) is 10.1. The molecular weight excluding hydrogens is 216 g/mol. The number of rotatable bonds is 3. The molecule has 0 aromatic heterocycles. The average Bonchev–Trinajstić information content (AvgIpc) is 2.40. The van der Waals surface area contributed by atoms with Crippen molar-refractivity contribution in [2.45, 2.75) is 32.1 Å². The number of hydrogen-bond acceptors (Lipinski definition) is 3. The number of ether oxygens (including phenoxy) is 2. The molecule has 2 rings (SSSR count). The molecule has 0 atom stereocenters.